The number of hydrogen-bond acceptors (Lipinski definition) is 2. The van der Waals surface area contributed by atoms with E-state index in [0.717, 1.165) is 0 Å². The van der Waals surface area contributed by atoms with Crippen molar-refractivity contribution >= 4 is 0 Å². The highest BCUT2D eigenvalue weighted by atomic mass is 15.2. The molecule has 0 saturated heterocycles. The van der Waals surface area contributed by atoms with Crippen LogP contribution in [0.25, 0.3) is 0 Å². The van der Waals surface area contributed by atoms with Crippen molar-refractivity contribution in [2.24, 2.45) is 11.8 Å². The molecule has 0 aromatic heterocycles. The third-order valence-corrected chi connectivity index (χ3v) is 0.577. The molecule has 0 rings (SSSR count). The van der Waals surface area contributed by atoms with Crippen LogP contribution in [-0.2, 0) is 0 Å². The Hall–Kier alpha value is -0.500. The van der Waals surface area contributed by atoms with Crippen LogP contribution in [-0.4, -0.2) is 0 Å². The fourth-order valence-electron chi connectivity index (χ4n) is 0.248. The summed E-state index contributed by atoms with van der Waals surface area (Å²) in [6.45, 7) is 4.18. The monoisotopic (exact) mass is 100 g/mol. The second-order valence-corrected chi connectivity index (χ2v) is 1.77. The number of hydrazine groups is 1. The van der Waals surface area contributed by atoms with Crippen molar-refractivity contribution in [3.8, 4) is 0 Å². The van der Waals surface area contributed by atoms with Crippen molar-refractivity contribution in [2.45, 2.75) is 13.8 Å². The molecule has 0 unspecified atom stereocenters. The average Bonchev–Trinajstić information content (AvgIpc) is 1.61. The minimum atomic E-state index is 0.580. The quantitative estimate of drug-likeness (QED) is 0.394. The third-order valence-electron chi connectivity index (χ3n) is 0.577. The van der Waals surface area contributed by atoms with Crippen LogP contribution in [0.2, 0.25) is 0 Å². The lowest BCUT2D eigenvalue weighted by atomic mass is 10.2. The molecule has 7 heavy (non-hydrogen) atoms. The van der Waals surface area contributed by atoms with E-state index in [9.17, 15) is 0 Å². The fourth-order valence-corrected chi connectivity index (χ4v) is 0.248. The molecule has 2 nitrogen and oxygen atoms in total. The van der Waals surface area contributed by atoms with Crippen molar-refractivity contribution < 1.29 is 0 Å². The largest absolute Gasteiger partial charge is 0.332 e. The van der Waals surface area contributed by atoms with Crippen LogP contribution in [0, 0.1) is 5.92 Å². The van der Waals surface area contributed by atoms with Crippen LogP contribution in [0.3, 0.4) is 0 Å². The van der Waals surface area contributed by atoms with Gasteiger partial charge in [-0.25, -0.2) is 0 Å². The van der Waals surface area contributed by atoms with E-state index in [4.69, 9.17) is 5.84 Å². The van der Waals surface area contributed by atoms with Crippen LogP contribution in [0.15, 0.2) is 12.3 Å². The van der Waals surface area contributed by atoms with Gasteiger partial charge in [-0.2, -0.15) is 0 Å². The fraction of sp³-hybridized carbons (Fsp3) is 0.600. The highest BCUT2D eigenvalue weighted by Gasteiger charge is 1.78. The molecule has 0 aromatic rings. The summed E-state index contributed by atoms with van der Waals surface area (Å²) in [5.41, 5.74) is 2.42. The molecule has 0 saturated carbocycles. The molecule has 0 spiro atoms. The maximum absolute atomic E-state index is 4.94. The van der Waals surface area contributed by atoms with E-state index in [1.165, 1.54) is 0 Å². The Labute approximate surface area is 44.4 Å². The predicted octanol–water partition coefficient (Wildman–Crippen LogP) is 0.619. The summed E-state index contributed by atoms with van der Waals surface area (Å²) in [5.74, 6) is 5.52. The summed E-state index contributed by atoms with van der Waals surface area (Å²) < 4.78 is 0. The summed E-state index contributed by atoms with van der Waals surface area (Å²) in [6.07, 6.45) is 3.71. The van der Waals surface area contributed by atoms with Gasteiger partial charge in [0.15, 0.2) is 0 Å². The van der Waals surface area contributed by atoms with Gasteiger partial charge in [0.25, 0.3) is 0 Å². The molecule has 0 atom stereocenters. The van der Waals surface area contributed by atoms with Gasteiger partial charge in [-0.05, 0) is 5.92 Å². The van der Waals surface area contributed by atoms with Gasteiger partial charge in [-0.1, -0.05) is 19.9 Å². The average molecular weight is 100 g/mol. The summed E-state index contributed by atoms with van der Waals surface area (Å²) >= 11 is 0. The first-order valence-electron chi connectivity index (χ1n) is 2.40. The summed E-state index contributed by atoms with van der Waals surface area (Å²) in [4.78, 5) is 0. The van der Waals surface area contributed by atoms with Crippen molar-refractivity contribution in [1.82, 2.24) is 5.43 Å². The lowest BCUT2D eigenvalue weighted by molar-refractivity contribution is 0.813. The number of hydrogen-bond donors (Lipinski definition) is 2. The van der Waals surface area contributed by atoms with E-state index in [2.05, 4.69) is 19.3 Å². The molecule has 0 aliphatic carbocycles. The zero-order chi connectivity index (χ0) is 5.70. The maximum Gasteiger partial charge on any atom is 0.00852 e. The molecule has 0 aliphatic heterocycles. The van der Waals surface area contributed by atoms with Gasteiger partial charge in [0.2, 0.25) is 0 Å². The van der Waals surface area contributed by atoms with Crippen molar-refractivity contribution in [1.29, 1.82) is 0 Å². The molecule has 0 fully saturated rings. The summed E-state index contributed by atoms with van der Waals surface area (Å²) in [6, 6.07) is 0. The maximum atomic E-state index is 4.94. The Morgan fingerprint density at radius 3 is 2.29 bits per heavy atom. The minimum absolute atomic E-state index is 0.580. The first-order chi connectivity index (χ1) is 3.27. The Kier molecular flexibility index (Phi) is 3.42. The van der Waals surface area contributed by atoms with Crippen molar-refractivity contribution in [3.05, 3.63) is 12.3 Å². The van der Waals surface area contributed by atoms with Crippen LogP contribution in [0.1, 0.15) is 13.8 Å². The van der Waals surface area contributed by atoms with Gasteiger partial charge < -0.3 is 5.43 Å². The summed E-state index contributed by atoms with van der Waals surface area (Å²) in [7, 11) is 0. The van der Waals surface area contributed by atoms with Gasteiger partial charge in [0.05, 0.1) is 0 Å². The molecule has 42 valence electrons. The zero-order valence-corrected chi connectivity index (χ0v) is 4.81. The van der Waals surface area contributed by atoms with Gasteiger partial charge in [-0.15, -0.1) is 0 Å². The minimum Gasteiger partial charge on any atom is -0.332 e. The molecule has 0 aliphatic rings. The van der Waals surface area contributed by atoms with Gasteiger partial charge in [0, 0.05) is 6.20 Å². The van der Waals surface area contributed by atoms with E-state index in [-0.39, 0.29) is 0 Å². The first kappa shape index (κ1) is 6.50. The van der Waals surface area contributed by atoms with Gasteiger partial charge in [0.1, 0.15) is 0 Å². The van der Waals surface area contributed by atoms with E-state index in [1.807, 2.05) is 6.08 Å². The number of nitrogens with two attached hydrogens (primary N) is 1. The number of rotatable bonds is 2. The van der Waals surface area contributed by atoms with Crippen LogP contribution < -0.4 is 11.3 Å². The third kappa shape index (κ3) is 5.50. The lowest BCUT2D eigenvalue weighted by Gasteiger charge is -1.90. The highest BCUT2D eigenvalue weighted by Crippen LogP contribution is 1.89. The second-order valence-electron chi connectivity index (χ2n) is 1.77. The molecular formula is C5H12N2. The molecular weight excluding hydrogens is 88.1 g/mol. The summed E-state index contributed by atoms with van der Waals surface area (Å²) in [5, 5.41) is 0. The molecule has 0 aromatic carbocycles. The van der Waals surface area contributed by atoms with Crippen LogP contribution >= 0.6 is 0 Å². The molecule has 3 N–H and O–H groups in total. The molecule has 0 amide bonds. The SMILES string of the molecule is CC(C)/C=C/NN. The van der Waals surface area contributed by atoms with Crippen molar-refractivity contribution in [2.75, 3.05) is 0 Å². The molecule has 0 bridgehead atoms. The topological polar surface area (TPSA) is 38.0 Å². The molecule has 0 heterocycles. The number of allylic oxidation sites excluding steroid dienone is 1. The first-order valence-corrected chi connectivity index (χ1v) is 2.40. The highest BCUT2D eigenvalue weighted by molar-refractivity contribution is 4.79. The van der Waals surface area contributed by atoms with E-state index in [1.54, 1.807) is 6.20 Å². The zero-order valence-electron chi connectivity index (χ0n) is 4.81. The van der Waals surface area contributed by atoms with Crippen molar-refractivity contribution in [3.63, 3.8) is 0 Å². The smallest absolute Gasteiger partial charge is 0.00852 e. The Morgan fingerprint density at radius 2 is 2.14 bits per heavy atom. The molecule has 0 radical (unpaired) electrons. The molecule has 2 heteroatoms. The van der Waals surface area contributed by atoms with E-state index < -0.39 is 0 Å². The normalized spacial score (nSPS) is 10.9. The van der Waals surface area contributed by atoms with Crippen LogP contribution in [0.5, 0.6) is 0 Å². The lowest BCUT2D eigenvalue weighted by Crippen LogP contribution is -2.13. The van der Waals surface area contributed by atoms with Gasteiger partial charge in [-0.3, -0.25) is 5.84 Å². The van der Waals surface area contributed by atoms with E-state index >= 15 is 0 Å². The van der Waals surface area contributed by atoms with Crippen LogP contribution in [0.4, 0.5) is 0 Å². The predicted molar refractivity (Wildman–Crippen MR) is 31.3 cm³/mol. The van der Waals surface area contributed by atoms with E-state index in [0.29, 0.717) is 5.92 Å². The number of nitrogens with one attached hydrogen (secondary N) is 1. The standard InChI is InChI=1S/C5H12N2/c1-5(2)3-4-7-6/h3-5,7H,6H2,1-2H3/b4-3+. The van der Waals surface area contributed by atoms with Gasteiger partial charge >= 0.3 is 0 Å². The second kappa shape index (κ2) is 3.68. The Balaban J connectivity index is 3.08. The Bertz CT molecular complexity index is 57.1. The Morgan fingerprint density at radius 1 is 1.57 bits per heavy atom.